The first kappa shape index (κ1) is 17.9. The van der Waals surface area contributed by atoms with Gasteiger partial charge < -0.3 is 4.98 Å². The van der Waals surface area contributed by atoms with E-state index in [2.05, 4.69) is 25.7 Å². The first-order valence-electron chi connectivity index (χ1n) is 8.77. The Morgan fingerprint density at radius 1 is 1.03 bits per heavy atom. The maximum absolute atomic E-state index is 11.9. The van der Waals surface area contributed by atoms with Crippen molar-refractivity contribution in [2.75, 3.05) is 7.05 Å². The number of sulfonamides is 1. The normalized spacial score (nSPS) is 12.0. The third-order valence-electron chi connectivity index (χ3n) is 4.75. The van der Waals surface area contributed by atoms with E-state index >= 15 is 0 Å². The second-order valence-corrected chi connectivity index (χ2v) is 9.19. The van der Waals surface area contributed by atoms with Crippen molar-refractivity contribution in [1.82, 2.24) is 24.7 Å². The molecule has 5 aromatic rings. The van der Waals surface area contributed by atoms with E-state index in [9.17, 15) is 8.42 Å². The molecule has 0 bridgehead atoms. The van der Waals surface area contributed by atoms with Crippen molar-refractivity contribution < 1.29 is 8.42 Å². The lowest BCUT2D eigenvalue weighted by Gasteiger charge is -2.05. The number of fused-ring (bicyclic) bond motifs is 2. The summed E-state index contributed by atoms with van der Waals surface area (Å²) >= 11 is 1.60. The summed E-state index contributed by atoms with van der Waals surface area (Å²) in [7, 11) is -2.09. The summed E-state index contributed by atoms with van der Waals surface area (Å²) in [6.07, 6.45) is 3.58. The van der Waals surface area contributed by atoms with Crippen LogP contribution in [0.25, 0.3) is 43.8 Å². The van der Waals surface area contributed by atoms with Crippen LogP contribution in [-0.2, 0) is 10.0 Å². The molecule has 0 amide bonds. The van der Waals surface area contributed by atoms with Crippen LogP contribution in [-0.4, -0.2) is 35.4 Å². The first-order chi connectivity index (χ1) is 14.0. The molecule has 0 spiro atoms. The highest BCUT2D eigenvalue weighted by atomic mass is 32.2. The Morgan fingerprint density at radius 2 is 1.83 bits per heavy atom. The van der Waals surface area contributed by atoms with E-state index in [0.29, 0.717) is 11.3 Å². The van der Waals surface area contributed by atoms with Gasteiger partial charge in [0.05, 0.1) is 32.5 Å². The number of nitrogens with one attached hydrogen (secondary N) is 2. The van der Waals surface area contributed by atoms with Gasteiger partial charge in [0.1, 0.15) is 5.52 Å². The number of hydrogen-bond donors (Lipinski definition) is 2. The van der Waals surface area contributed by atoms with Gasteiger partial charge in [0, 0.05) is 17.3 Å². The van der Waals surface area contributed by atoms with Gasteiger partial charge in [-0.25, -0.2) is 28.1 Å². The van der Waals surface area contributed by atoms with Gasteiger partial charge >= 0.3 is 0 Å². The Bertz CT molecular complexity index is 1450. The molecule has 5 rings (SSSR count). The average molecular weight is 422 g/mol. The van der Waals surface area contributed by atoms with Gasteiger partial charge in [0.15, 0.2) is 5.65 Å². The summed E-state index contributed by atoms with van der Waals surface area (Å²) in [6, 6.07) is 12.7. The van der Waals surface area contributed by atoms with Crippen LogP contribution in [0, 0.1) is 0 Å². The summed E-state index contributed by atoms with van der Waals surface area (Å²) in [5, 5.41) is 0. The van der Waals surface area contributed by atoms with Crippen molar-refractivity contribution in [2.24, 2.45) is 0 Å². The zero-order valence-corrected chi connectivity index (χ0v) is 16.9. The molecule has 0 atom stereocenters. The van der Waals surface area contributed by atoms with Crippen LogP contribution in [0.1, 0.15) is 0 Å². The molecule has 9 heteroatoms. The first-order valence-corrected chi connectivity index (χ1v) is 11.1. The number of H-pyrrole nitrogens is 1. The minimum atomic E-state index is -3.47. The molecule has 0 aliphatic rings. The summed E-state index contributed by atoms with van der Waals surface area (Å²) in [5.41, 5.74) is 7.72. The number of nitrogens with zero attached hydrogens (tertiary/aromatic N) is 3. The Hall–Kier alpha value is -3.14. The Balaban J connectivity index is 1.59. The third kappa shape index (κ3) is 3.09. The Morgan fingerprint density at radius 3 is 2.62 bits per heavy atom. The summed E-state index contributed by atoms with van der Waals surface area (Å²) in [5.74, 6) is 0. The number of aromatic nitrogens is 4. The lowest BCUT2D eigenvalue weighted by atomic mass is 10.1. The molecular weight excluding hydrogens is 406 g/mol. The van der Waals surface area contributed by atoms with Crippen LogP contribution in [0.15, 0.2) is 65.3 Å². The van der Waals surface area contributed by atoms with E-state index in [1.807, 2.05) is 23.8 Å². The minimum Gasteiger partial charge on any atom is -0.344 e. The highest BCUT2D eigenvalue weighted by Crippen LogP contribution is 2.31. The molecule has 144 valence electrons. The molecule has 7 nitrogen and oxygen atoms in total. The van der Waals surface area contributed by atoms with Crippen LogP contribution < -0.4 is 4.72 Å². The van der Waals surface area contributed by atoms with Crippen LogP contribution in [0.4, 0.5) is 0 Å². The second-order valence-electron chi connectivity index (χ2n) is 6.42. The highest BCUT2D eigenvalue weighted by molar-refractivity contribution is 7.89. The van der Waals surface area contributed by atoms with E-state index in [1.54, 1.807) is 41.8 Å². The molecule has 29 heavy (non-hydrogen) atoms. The van der Waals surface area contributed by atoms with Gasteiger partial charge in [-0.1, -0.05) is 18.2 Å². The quantitative estimate of drug-likeness (QED) is 0.460. The van der Waals surface area contributed by atoms with Crippen molar-refractivity contribution in [3.05, 3.63) is 60.4 Å². The van der Waals surface area contributed by atoms with Crippen LogP contribution >= 0.6 is 11.3 Å². The van der Waals surface area contributed by atoms with Crippen molar-refractivity contribution in [3.8, 4) is 22.4 Å². The molecule has 2 N–H and O–H groups in total. The standard InChI is InChI=1S/C20H15N5O2S2/c1-21-29(26,27)14-5-2-12(3-6-14)17-10-23-20-19(25-17)15(9-22-20)13-4-7-16-18(8-13)28-11-24-16/h2-11,21H,1H3,(H,22,23). The zero-order chi connectivity index (χ0) is 20.0. The van der Waals surface area contributed by atoms with Crippen molar-refractivity contribution in [1.29, 1.82) is 0 Å². The molecule has 0 radical (unpaired) electrons. The average Bonchev–Trinajstić information content (AvgIpc) is 3.39. The van der Waals surface area contributed by atoms with Gasteiger partial charge in [-0.05, 0) is 36.9 Å². The molecule has 0 aliphatic heterocycles. The predicted molar refractivity (Wildman–Crippen MR) is 114 cm³/mol. The third-order valence-corrected chi connectivity index (χ3v) is 6.97. The molecular formula is C20H15N5O2S2. The van der Waals surface area contributed by atoms with Crippen LogP contribution in [0.5, 0.6) is 0 Å². The molecule has 0 unspecified atom stereocenters. The van der Waals surface area contributed by atoms with E-state index in [0.717, 1.165) is 32.4 Å². The zero-order valence-electron chi connectivity index (χ0n) is 15.2. The van der Waals surface area contributed by atoms with Gasteiger partial charge in [-0.3, -0.25) is 0 Å². The van der Waals surface area contributed by atoms with Gasteiger partial charge in [0.25, 0.3) is 0 Å². The molecule has 2 aromatic carbocycles. The lowest BCUT2D eigenvalue weighted by molar-refractivity contribution is 0.588. The lowest BCUT2D eigenvalue weighted by Crippen LogP contribution is -2.18. The molecule has 3 aromatic heterocycles. The molecule has 3 heterocycles. The van der Waals surface area contributed by atoms with E-state index < -0.39 is 10.0 Å². The highest BCUT2D eigenvalue weighted by Gasteiger charge is 2.14. The number of hydrogen-bond acceptors (Lipinski definition) is 6. The van der Waals surface area contributed by atoms with Gasteiger partial charge in [0.2, 0.25) is 10.0 Å². The largest absolute Gasteiger partial charge is 0.344 e. The number of thiazole rings is 1. The maximum atomic E-state index is 11.9. The van der Waals surface area contributed by atoms with Crippen molar-refractivity contribution in [2.45, 2.75) is 4.90 Å². The van der Waals surface area contributed by atoms with E-state index in [1.165, 1.54) is 7.05 Å². The summed E-state index contributed by atoms with van der Waals surface area (Å²) in [4.78, 5) is 17.0. The second kappa shape index (κ2) is 6.73. The molecule has 0 aliphatic carbocycles. The number of benzene rings is 2. The van der Waals surface area contributed by atoms with Gasteiger partial charge in [-0.2, -0.15) is 0 Å². The van der Waals surface area contributed by atoms with Gasteiger partial charge in [-0.15, -0.1) is 11.3 Å². The summed E-state index contributed by atoms with van der Waals surface area (Å²) < 4.78 is 27.3. The van der Waals surface area contributed by atoms with Crippen LogP contribution in [0.3, 0.4) is 0 Å². The molecule has 0 saturated carbocycles. The topological polar surface area (TPSA) is 101 Å². The van der Waals surface area contributed by atoms with Crippen LogP contribution in [0.2, 0.25) is 0 Å². The van der Waals surface area contributed by atoms with E-state index in [4.69, 9.17) is 4.98 Å². The molecule has 0 saturated heterocycles. The Labute approximate surface area is 170 Å². The fourth-order valence-electron chi connectivity index (χ4n) is 3.20. The molecule has 0 fully saturated rings. The number of aromatic amines is 1. The van der Waals surface area contributed by atoms with E-state index in [-0.39, 0.29) is 4.90 Å². The fraction of sp³-hybridized carbons (Fsp3) is 0.0500. The summed E-state index contributed by atoms with van der Waals surface area (Å²) in [6.45, 7) is 0. The Kier molecular flexibility index (Phi) is 4.16. The smallest absolute Gasteiger partial charge is 0.240 e. The van der Waals surface area contributed by atoms with Crippen molar-refractivity contribution in [3.63, 3.8) is 0 Å². The maximum Gasteiger partial charge on any atom is 0.240 e. The monoisotopic (exact) mass is 421 g/mol. The fourth-order valence-corrected chi connectivity index (χ4v) is 4.64. The predicted octanol–water partition coefficient (Wildman–Crippen LogP) is 3.81. The minimum absolute atomic E-state index is 0.206. The van der Waals surface area contributed by atoms with Crippen molar-refractivity contribution >= 4 is 42.7 Å². The number of rotatable bonds is 4. The SMILES string of the molecule is CNS(=O)(=O)c1ccc(-c2cnc3[nH]cc(-c4ccc5ncsc5c4)c3n2)cc1.